The van der Waals surface area contributed by atoms with Gasteiger partial charge in [-0.25, -0.2) is 0 Å². The number of alkyl halides is 6. The van der Waals surface area contributed by atoms with Crippen molar-refractivity contribution in [2.45, 2.75) is 12.4 Å². The van der Waals surface area contributed by atoms with Crippen LogP contribution in [0.15, 0.2) is 11.1 Å². The molecule has 0 aliphatic heterocycles. The molecule has 0 aromatic carbocycles. The van der Waals surface area contributed by atoms with Gasteiger partial charge in [-0.1, -0.05) is 22.0 Å². The van der Waals surface area contributed by atoms with Gasteiger partial charge in [-0.2, -0.15) is 26.3 Å². The molecule has 0 aromatic heterocycles. The summed E-state index contributed by atoms with van der Waals surface area (Å²) in [4.78, 5) is 0.540. The van der Waals surface area contributed by atoms with Gasteiger partial charge in [-0.3, -0.25) is 0 Å². The fourth-order valence-electron chi connectivity index (χ4n) is 0.477. The Labute approximate surface area is 72.4 Å². The zero-order valence-electron chi connectivity index (χ0n) is 5.38. The van der Waals surface area contributed by atoms with Crippen molar-refractivity contribution in [3.63, 3.8) is 0 Å². The SMILES string of the molecule is FC(F)(F)C(C=CBr)C(F)(F)F. The minimum absolute atomic E-state index is 0. The molecule has 0 bridgehead atoms. The van der Waals surface area contributed by atoms with Gasteiger partial charge in [-0.05, 0) is 4.99 Å². The number of halogens is 7. The molecule has 0 atom stereocenters. The van der Waals surface area contributed by atoms with Crippen molar-refractivity contribution >= 4 is 15.9 Å². The average Bonchev–Trinajstić information content (AvgIpc) is 1.77. The van der Waals surface area contributed by atoms with E-state index in [9.17, 15) is 26.3 Å². The van der Waals surface area contributed by atoms with E-state index >= 15 is 0 Å². The second kappa shape index (κ2) is 3.68. The summed E-state index contributed by atoms with van der Waals surface area (Å²) < 4.78 is 69.7. The van der Waals surface area contributed by atoms with Crippen molar-refractivity contribution in [1.82, 2.24) is 0 Å². The van der Waals surface area contributed by atoms with Crippen LogP contribution in [-0.2, 0) is 0 Å². The zero-order valence-corrected chi connectivity index (χ0v) is 6.96. The molecule has 0 nitrogen and oxygen atoms in total. The van der Waals surface area contributed by atoms with Gasteiger partial charge in [0, 0.05) is 0 Å². The monoisotopic (exact) mass is 256 g/mol. The number of hydrogen-bond acceptors (Lipinski definition) is 0. The highest BCUT2D eigenvalue weighted by Gasteiger charge is 2.54. The maximum atomic E-state index is 11.6. The molecule has 0 unspecified atom stereocenters. The van der Waals surface area contributed by atoms with Crippen LogP contribution in [0.3, 0.4) is 0 Å². The number of hydrogen-bond donors (Lipinski definition) is 0. The molecule has 0 aliphatic carbocycles. The van der Waals surface area contributed by atoms with E-state index in [4.69, 9.17) is 0 Å². The first-order valence-corrected chi connectivity index (χ1v) is 3.51. The average molecular weight is 257 g/mol. The van der Waals surface area contributed by atoms with E-state index in [1.165, 1.54) is 0 Å². The third kappa shape index (κ3) is 3.46. The van der Waals surface area contributed by atoms with Crippen LogP contribution in [-0.4, -0.2) is 12.4 Å². The molecule has 0 radical (unpaired) electrons. The minimum atomic E-state index is -5.29. The van der Waals surface area contributed by atoms with Gasteiger partial charge >= 0.3 is 12.4 Å². The van der Waals surface area contributed by atoms with Crippen LogP contribution in [0.1, 0.15) is 0 Å². The highest BCUT2D eigenvalue weighted by atomic mass is 79.9. The van der Waals surface area contributed by atoms with Crippen LogP contribution in [0.4, 0.5) is 26.3 Å². The Hall–Kier alpha value is -0.200. The van der Waals surface area contributed by atoms with Crippen LogP contribution < -0.4 is 0 Å². The molecule has 0 saturated heterocycles. The minimum Gasteiger partial charge on any atom is -0.170 e. The summed E-state index contributed by atoms with van der Waals surface area (Å²) in [7, 11) is 0. The van der Waals surface area contributed by atoms with E-state index < -0.39 is 18.3 Å². The Morgan fingerprint density at radius 1 is 0.917 bits per heavy atom. The maximum absolute atomic E-state index is 11.6. The Morgan fingerprint density at radius 3 is 1.33 bits per heavy atom. The first-order chi connectivity index (χ1) is 5.19. The van der Waals surface area contributed by atoms with Crippen molar-refractivity contribution in [2.24, 2.45) is 5.92 Å². The molecular formula is C5H3BrF6. The smallest absolute Gasteiger partial charge is 0.170 e. The van der Waals surface area contributed by atoms with Gasteiger partial charge < -0.3 is 0 Å². The summed E-state index contributed by atoms with van der Waals surface area (Å²) in [5.41, 5.74) is 0. The van der Waals surface area contributed by atoms with Crippen molar-refractivity contribution in [1.29, 1.82) is 0 Å². The Balaban J connectivity index is 4.69. The molecule has 0 spiro atoms. The third-order valence-corrected chi connectivity index (χ3v) is 1.28. The summed E-state index contributed by atoms with van der Waals surface area (Å²) in [5, 5.41) is 0. The van der Waals surface area contributed by atoms with Gasteiger partial charge in [-0.15, -0.1) is 0 Å². The van der Waals surface area contributed by atoms with Gasteiger partial charge in [0.05, 0.1) is 0 Å². The largest absolute Gasteiger partial charge is 0.403 e. The van der Waals surface area contributed by atoms with Crippen molar-refractivity contribution in [3.05, 3.63) is 11.1 Å². The van der Waals surface area contributed by atoms with Crippen LogP contribution in [0.2, 0.25) is 0 Å². The predicted molar refractivity (Wildman–Crippen MR) is 33.7 cm³/mol. The molecule has 0 N–H and O–H groups in total. The van der Waals surface area contributed by atoms with Crippen molar-refractivity contribution in [2.75, 3.05) is 0 Å². The Bertz CT molecular complexity index is 152. The second-order valence-corrected chi connectivity index (χ2v) is 2.41. The maximum Gasteiger partial charge on any atom is 0.403 e. The fourth-order valence-corrected chi connectivity index (χ4v) is 0.782. The lowest BCUT2D eigenvalue weighted by atomic mass is 10.1. The molecule has 72 valence electrons. The summed E-state index contributed by atoms with van der Waals surface area (Å²) in [6.45, 7) is 0. The van der Waals surface area contributed by atoms with Crippen LogP contribution >= 0.6 is 15.9 Å². The number of rotatable bonds is 1. The molecule has 0 saturated carbocycles. The predicted octanol–water partition coefficient (Wildman–Crippen LogP) is 3.64. The Kier molecular flexibility index (Phi) is 3.61. The topological polar surface area (TPSA) is 0 Å². The van der Waals surface area contributed by atoms with E-state index in [0.29, 0.717) is 4.99 Å². The lowest BCUT2D eigenvalue weighted by Gasteiger charge is -2.19. The van der Waals surface area contributed by atoms with Crippen LogP contribution in [0.25, 0.3) is 0 Å². The van der Waals surface area contributed by atoms with Gasteiger partial charge in [0.15, 0.2) is 5.92 Å². The number of allylic oxidation sites excluding steroid dienone is 1. The molecule has 0 rings (SSSR count). The highest BCUT2D eigenvalue weighted by Crippen LogP contribution is 2.40. The summed E-state index contributed by atoms with van der Waals surface area (Å²) in [5.74, 6) is -3.40. The lowest BCUT2D eigenvalue weighted by molar-refractivity contribution is -0.267. The Morgan fingerprint density at radius 2 is 1.25 bits per heavy atom. The quantitative estimate of drug-likeness (QED) is 0.629. The second-order valence-electron chi connectivity index (χ2n) is 1.88. The first kappa shape index (κ1) is 11.8. The van der Waals surface area contributed by atoms with Gasteiger partial charge in [0.2, 0.25) is 0 Å². The molecule has 0 amide bonds. The highest BCUT2D eigenvalue weighted by molar-refractivity contribution is 9.11. The lowest BCUT2D eigenvalue weighted by Crippen LogP contribution is -2.34. The third-order valence-electron chi connectivity index (χ3n) is 0.970. The van der Waals surface area contributed by atoms with Crippen molar-refractivity contribution in [3.8, 4) is 0 Å². The van der Waals surface area contributed by atoms with E-state index in [1.54, 1.807) is 0 Å². The summed E-state index contributed by atoms with van der Waals surface area (Å²) in [6, 6.07) is 0. The molecule has 0 heterocycles. The van der Waals surface area contributed by atoms with Crippen LogP contribution in [0, 0.1) is 5.92 Å². The van der Waals surface area contributed by atoms with Crippen molar-refractivity contribution < 1.29 is 26.3 Å². The van der Waals surface area contributed by atoms with E-state index in [-0.39, 0.29) is 6.08 Å². The summed E-state index contributed by atoms with van der Waals surface area (Å²) in [6.07, 6.45) is -10.6. The first-order valence-electron chi connectivity index (χ1n) is 2.60. The zero-order chi connectivity index (χ0) is 9.99. The van der Waals surface area contributed by atoms with Crippen LogP contribution in [0.5, 0.6) is 0 Å². The molecule has 0 fully saturated rings. The molecule has 0 aliphatic rings. The normalized spacial score (nSPS) is 14.7. The fraction of sp³-hybridized carbons (Fsp3) is 0.600. The summed E-state index contributed by atoms with van der Waals surface area (Å²) >= 11 is 2.35. The van der Waals surface area contributed by atoms with Gasteiger partial charge in [0.25, 0.3) is 0 Å². The van der Waals surface area contributed by atoms with E-state index in [2.05, 4.69) is 15.9 Å². The molecular weight excluding hydrogens is 254 g/mol. The standard InChI is InChI=1S/C5H3BrF6/c6-2-1-3(4(7,8)9)5(10,11)12/h1-3H. The van der Waals surface area contributed by atoms with Gasteiger partial charge in [0.1, 0.15) is 0 Å². The molecule has 0 aromatic rings. The molecule has 12 heavy (non-hydrogen) atoms. The van der Waals surface area contributed by atoms with E-state index in [1.807, 2.05) is 0 Å². The van der Waals surface area contributed by atoms with E-state index in [0.717, 1.165) is 0 Å². The molecule has 7 heteroatoms.